The fourth-order valence-electron chi connectivity index (χ4n) is 2.23. The molecule has 130 valence electrons. The second kappa shape index (κ2) is 7.27. The molecule has 4 aromatic rings. The van der Waals surface area contributed by atoms with Crippen LogP contribution in [0.1, 0.15) is 5.89 Å². The molecule has 0 atom stereocenters. The monoisotopic (exact) mass is 387 g/mol. The molecule has 0 aliphatic heterocycles. The summed E-state index contributed by atoms with van der Waals surface area (Å²) in [7, 11) is 0. The minimum atomic E-state index is -0.357. The van der Waals surface area contributed by atoms with Crippen LogP contribution in [0.2, 0.25) is 5.02 Å². The van der Waals surface area contributed by atoms with Gasteiger partial charge in [-0.1, -0.05) is 35.5 Å². The summed E-state index contributed by atoms with van der Waals surface area (Å²) >= 11 is 7.18. The van der Waals surface area contributed by atoms with Crippen molar-refractivity contribution >= 4 is 23.4 Å². The molecular formula is C17H11ClFN5OS. The Hall–Kier alpha value is -2.71. The average molecular weight is 388 g/mol. The van der Waals surface area contributed by atoms with Crippen LogP contribution in [0, 0.1) is 5.82 Å². The quantitative estimate of drug-likeness (QED) is 0.504. The van der Waals surface area contributed by atoms with Crippen LogP contribution >= 0.6 is 23.4 Å². The van der Waals surface area contributed by atoms with Gasteiger partial charge in [-0.05, 0) is 36.4 Å². The molecule has 26 heavy (non-hydrogen) atoms. The van der Waals surface area contributed by atoms with Crippen molar-refractivity contribution in [3.8, 4) is 22.8 Å². The first kappa shape index (κ1) is 16.7. The Balaban J connectivity index is 1.44. The summed E-state index contributed by atoms with van der Waals surface area (Å²) in [5.74, 6) is 1.27. The van der Waals surface area contributed by atoms with Gasteiger partial charge in [-0.2, -0.15) is 0 Å². The molecule has 0 spiro atoms. The Morgan fingerprint density at radius 2 is 1.88 bits per heavy atom. The van der Waals surface area contributed by atoms with Crippen LogP contribution in [0.5, 0.6) is 0 Å². The summed E-state index contributed by atoms with van der Waals surface area (Å²) in [5, 5.41) is 16.0. The highest BCUT2D eigenvalue weighted by atomic mass is 35.5. The van der Waals surface area contributed by atoms with Gasteiger partial charge in [-0.3, -0.25) is 5.10 Å². The van der Waals surface area contributed by atoms with Crippen LogP contribution in [-0.4, -0.2) is 25.4 Å². The maximum atomic E-state index is 13.8. The second-order valence-corrected chi connectivity index (χ2v) is 6.62. The Morgan fingerprint density at radius 3 is 2.69 bits per heavy atom. The zero-order valence-corrected chi connectivity index (χ0v) is 14.8. The van der Waals surface area contributed by atoms with Crippen molar-refractivity contribution in [2.45, 2.75) is 10.9 Å². The molecular weight excluding hydrogens is 377 g/mol. The van der Waals surface area contributed by atoms with Crippen molar-refractivity contribution in [2.24, 2.45) is 0 Å². The predicted molar refractivity (Wildman–Crippen MR) is 96.1 cm³/mol. The van der Waals surface area contributed by atoms with Crippen molar-refractivity contribution in [3.63, 3.8) is 0 Å². The Morgan fingerprint density at radius 1 is 1.08 bits per heavy atom. The number of nitrogens with zero attached hydrogens (tertiary/aromatic N) is 4. The van der Waals surface area contributed by atoms with Gasteiger partial charge in [-0.15, -0.1) is 15.3 Å². The van der Waals surface area contributed by atoms with E-state index in [-0.39, 0.29) is 5.82 Å². The average Bonchev–Trinajstić information content (AvgIpc) is 3.30. The summed E-state index contributed by atoms with van der Waals surface area (Å²) in [5.41, 5.74) is 1.16. The normalized spacial score (nSPS) is 11.0. The maximum absolute atomic E-state index is 13.8. The van der Waals surface area contributed by atoms with Gasteiger partial charge < -0.3 is 4.42 Å². The van der Waals surface area contributed by atoms with Crippen molar-refractivity contribution in [3.05, 3.63) is 65.3 Å². The minimum absolute atomic E-state index is 0.357. The summed E-state index contributed by atoms with van der Waals surface area (Å²) in [6, 6.07) is 13.5. The molecule has 0 aliphatic carbocycles. The van der Waals surface area contributed by atoms with E-state index >= 15 is 0 Å². The van der Waals surface area contributed by atoms with Crippen molar-refractivity contribution < 1.29 is 8.81 Å². The van der Waals surface area contributed by atoms with Crippen LogP contribution in [0.15, 0.2) is 58.1 Å². The molecule has 0 aliphatic rings. The lowest BCUT2D eigenvalue weighted by atomic mass is 10.2. The number of halogens is 2. The van der Waals surface area contributed by atoms with Gasteiger partial charge in [0, 0.05) is 10.6 Å². The van der Waals surface area contributed by atoms with Crippen LogP contribution in [0.4, 0.5) is 4.39 Å². The lowest BCUT2D eigenvalue weighted by molar-refractivity contribution is 0.528. The molecule has 2 heterocycles. The molecule has 0 saturated heterocycles. The molecule has 0 radical (unpaired) electrons. The molecule has 4 rings (SSSR count). The van der Waals surface area contributed by atoms with Crippen LogP contribution < -0.4 is 0 Å². The fraction of sp³-hybridized carbons (Fsp3) is 0.0588. The van der Waals surface area contributed by atoms with Gasteiger partial charge >= 0.3 is 0 Å². The molecule has 0 bridgehead atoms. The number of thioether (sulfide) groups is 1. The highest BCUT2D eigenvalue weighted by molar-refractivity contribution is 7.98. The maximum Gasteiger partial charge on any atom is 0.247 e. The third-order valence-corrected chi connectivity index (χ3v) is 4.56. The van der Waals surface area contributed by atoms with Crippen molar-refractivity contribution in [2.75, 3.05) is 0 Å². The third-order valence-electron chi connectivity index (χ3n) is 3.48. The Labute approximate surface area is 156 Å². The Bertz CT molecular complexity index is 1030. The van der Waals surface area contributed by atoms with Gasteiger partial charge in [0.05, 0.1) is 11.3 Å². The first-order valence-electron chi connectivity index (χ1n) is 7.57. The van der Waals surface area contributed by atoms with Gasteiger partial charge in [-0.25, -0.2) is 9.37 Å². The van der Waals surface area contributed by atoms with Gasteiger partial charge in [0.2, 0.25) is 16.9 Å². The first-order chi connectivity index (χ1) is 12.7. The number of benzene rings is 2. The number of rotatable bonds is 5. The van der Waals surface area contributed by atoms with E-state index in [1.807, 2.05) is 12.1 Å². The lowest BCUT2D eigenvalue weighted by Crippen LogP contribution is -1.85. The van der Waals surface area contributed by atoms with E-state index in [1.165, 1.54) is 17.8 Å². The van der Waals surface area contributed by atoms with E-state index in [0.29, 0.717) is 39.1 Å². The van der Waals surface area contributed by atoms with Crippen molar-refractivity contribution in [1.29, 1.82) is 0 Å². The number of hydrogen-bond acceptors (Lipinski definition) is 6. The highest BCUT2D eigenvalue weighted by Gasteiger charge is 2.13. The van der Waals surface area contributed by atoms with Crippen LogP contribution in [0.3, 0.4) is 0 Å². The van der Waals surface area contributed by atoms with Crippen molar-refractivity contribution in [1.82, 2.24) is 25.4 Å². The number of hydrogen-bond donors (Lipinski definition) is 1. The molecule has 0 amide bonds. The van der Waals surface area contributed by atoms with E-state index in [2.05, 4.69) is 25.4 Å². The zero-order valence-electron chi connectivity index (χ0n) is 13.2. The highest BCUT2D eigenvalue weighted by Crippen LogP contribution is 2.25. The van der Waals surface area contributed by atoms with E-state index in [4.69, 9.17) is 16.0 Å². The second-order valence-electron chi connectivity index (χ2n) is 5.24. The largest absolute Gasteiger partial charge is 0.420 e. The SMILES string of the molecule is Fc1ccccc1-c1nc(SCc2nnc(-c3ccc(Cl)cc3)o2)n[nH]1. The Kier molecular flexibility index (Phi) is 4.68. The molecule has 6 nitrogen and oxygen atoms in total. The number of nitrogens with one attached hydrogen (secondary N) is 1. The topological polar surface area (TPSA) is 80.5 Å². The van der Waals surface area contributed by atoms with Crippen LogP contribution in [-0.2, 0) is 5.75 Å². The lowest BCUT2D eigenvalue weighted by Gasteiger charge is -1.96. The molecule has 9 heteroatoms. The minimum Gasteiger partial charge on any atom is -0.420 e. The van der Waals surface area contributed by atoms with Gasteiger partial charge in [0.15, 0.2) is 5.82 Å². The van der Waals surface area contributed by atoms with Gasteiger partial charge in [0.25, 0.3) is 0 Å². The molecule has 0 saturated carbocycles. The van der Waals surface area contributed by atoms with Crippen LogP contribution in [0.25, 0.3) is 22.8 Å². The summed E-state index contributed by atoms with van der Waals surface area (Å²) in [4.78, 5) is 4.28. The summed E-state index contributed by atoms with van der Waals surface area (Å²) in [6.45, 7) is 0. The molecule has 2 aromatic heterocycles. The molecule has 2 aromatic carbocycles. The molecule has 1 N–H and O–H groups in total. The standard InChI is InChI=1S/C17H11ClFN5OS/c18-11-7-5-10(6-8-11)16-23-21-14(25-16)9-26-17-20-15(22-24-17)12-3-1-2-4-13(12)19/h1-8H,9H2,(H,20,22,24). The number of aromatic amines is 1. The van der Waals surface area contributed by atoms with E-state index in [1.54, 1.807) is 30.3 Å². The third kappa shape index (κ3) is 3.61. The summed E-state index contributed by atoms with van der Waals surface area (Å²) in [6.07, 6.45) is 0. The predicted octanol–water partition coefficient (Wildman–Crippen LogP) is 4.61. The zero-order chi connectivity index (χ0) is 17.9. The molecule has 0 fully saturated rings. The smallest absolute Gasteiger partial charge is 0.247 e. The van der Waals surface area contributed by atoms with E-state index in [9.17, 15) is 4.39 Å². The fourth-order valence-corrected chi connectivity index (χ4v) is 2.99. The summed E-state index contributed by atoms with van der Waals surface area (Å²) < 4.78 is 19.4. The number of H-pyrrole nitrogens is 1. The number of aromatic nitrogens is 5. The van der Waals surface area contributed by atoms with E-state index < -0.39 is 0 Å². The van der Waals surface area contributed by atoms with E-state index in [0.717, 1.165) is 5.56 Å². The van der Waals surface area contributed by atoms with Gasteiger partial charge in [0.1, 0.15) is 5.82 Å². The first-order valence-corrected chi connectivity index (χ1v) is 8.94. The molecule has 0 unspecified atom stereocenters.